The van der Waals surface area contributed by atoms with Crippen LogP contribution in [0.4, 0.5) is 0 Å². The number of aromatic nitrogens is 3. The molecule has 1 amide bonds. The van der Waals surface area contributed by atoms with Gasteiger partial charge >= 0.3 is 0 Å². The van der Waals surface area contributed by atoms with Gasteiger partial charge in [0.1, 0.15) is 5.01 Å². The summed E-state index contributed by atoms with van der Waals surface area (Å²) >= 11 is 3.17. The van der Waals surface area contributed by atoms with E-state index in [4.69, 9.17) is 4.52 Å². The van der Waals surface area contributed by atoms with Gasteiger partial charge in [-0.2, -0.15) is 4.98 Å². The highest BCUT2D eigenvalue weighted by Crippen LogP contribution is 2.23. The van der Waals surface area contributed by atoms with Crippen LogP contribution in [0.25, 0.3) is 20.9 Å². The Kier molecular flexibility index (Phi) is 4.77. The van der Waals surface area contributed by atoms with Crippen LogP contribution in [0.5, 0.6) is 0 Å². The van der Waals surface area contributed by atoms with Gasteiger partial charge < -0.3 is 9.42 Å². The van der Waals surface area contributed by atoms with Crippen LogP contribution in [-0.4, -0.2) is 33.0 Å². The topological polar surface area (TPSA) is 72.1 Å². The highest BCUT2D eigenvalue weighted by atomic mass is 32.1. The van der Waals surface area contributed by atoms with Crippen molar-refractivity contribution in [2.75, 3.05) is 7.05 Å². The number of hydrogen-bond acceptors (Lipinski definition) is 7. The molecule has 132 valence electrons. The Hall–Kier alpha value is -2.58. The van der Waals surface area contributed by atoms with Crippen LogP contribution in [0, 0.1) is 0 Å². The molecular formula is C18H16N4O2S2. The summed E-state index contributed by atoms with van der Waals surface area (Å²) in [7, 11) is 1.79. The highest BCUT2D eigenvalue weighted by Gasteiger charge is 2.15. The molecule has 0 aliphatic carbocycles. The summed E-state index contributed by atoms with van der Waals surface area (Å²) in [4.78, 5) is 24.0. The number of thiazole rings is 1. The third-order valence-electron chi connectivity index (χ3n) is 3.90. The van der Waals surface area contributed by atoms with Crippen molar-refractivity contribution in [3.63, 3.8) is 0 Å². The fraction of sp³-hybridized carbons (Fsp3) is 0.222. The summed E-state index contributed by atoms with van der Waals surface area (Å²) in [6.45, 7) is 0.502. The van der Waals surface area contributed by atoms with Crippen LogP contribution in [0.1, 0.15) is 17.3 Å². The normalized spacial score (nSPS) is 11.1. The number of carbonyl (C=O) groups is 1. The van der Waals surface area contributed by atoms with E-state index in [2.05, 4.69) is 15.1 Å². The third kappa shape index (κ3) is 3.66. The first-order valence-electron chi connectivity index (χ1n) is 8.14. The molecule has 4 rings (SSSR count). The number of benzene rings is 1. The Bertz CT molecular complexity index is 990. The monoisotopic (exact) mass is 384 g/mol. The fourth-order valence-corrected chi connectivity index (χ4v) is 4.22. The zero-order chi connectivity index (χ0) is 17.9. The Balaban J connectivity index is 1.34. The Morgan fingerprint density at radius 2 is 2.08 bits per heavy atom. The maximum Gasteiger partial charge on any atom is 0.227 e. The van der Waals surface area contributed by atoms with Crippen LogP contribution in [-0.2, 0) is 17.8 Å². The van der Waals surface area contributed by atoms with Crippen LogP contribution in [0.2, 0.25) is 0 Å². The van der Waals surface area contributed by atoms with Gasteiger partial charge in [0.15, 0.2) is 0 Å². The molecule has 0 aliphatic heterocycles. The first kappa shape index (κ1) is 16.9. The van der Waals surface area contributed by atoms with Crippen molar-refractivity contribution in [1.29, 1.82) is 0 Å². The van der Waals surface area contributed by atoms with E-state index in [9.17, 15) is 4.79 Å². The number of para-hydroxylation sites is 1. The van der Waals surface area contributed by atoms with Gasteiger partial charge in [-0.25, -0.2) is 4.98 Å². The zero-order valence-electron chi connectivity index (χ0n) is 14.1. The van der Waals surface area contributed by atoms with Gasteiger partial charge in [0.05, 0.1) is 21.6 Å². The fourth-order valence-electron chi connectivity index (χ4n) is 2.55. The maximum atomic E-state index is 12.4. The number of fused-ring (bicyclic) bond motifs is 1. The highest BCUT2D eigenvalue weighted by molar-refractivity contribution is 7.18. The van der Waals surface area contributed by atoms with E-state index < -0.39 is 0 Å². The molecule has 0 aliphatic rings. The molecule has 0 atom stereocenters. The third-order valence-corrected chi connectivity index (χ3v) is 5.79. The largest absolute Gasteiger partial charge is 0.339 e. The molecule has 3 aromatic heterocycles. The molecule has 0 spiro atoms. The van der Waals surface area contributed by atoms with Crippen LogP contribution < -0.4 is 0 Å². The molecule has 0 saturated heterocycles. The average Bonchev–Trinajstić information content (AvgIpc) is 3.38. The molecule has 3 heterocycles. The number of amides is 1. The van der Waals surface area contributed by atoms with E-state index in [1.54, 1.807) is 34.6 Å². The lowest BCUT2D eigenvalue weighted by molar-refractivity contribution is -0.130. The lowest BCUT2D eigenvalue weighted by Gasteiger charge is -2.14. The van der Waals surface area contributed by atoms with E-state index in [0.717, 1.165) is 20.1 Å². The quantitative estimate of drug-likeness (QED) is 0.502. The van der Waals surface area contributed by atoms with Gasteiger partial charge in [-0.15, -0.1) is 22.7 Å². The summed E-state index contributed by atoms with van der Waals surface area (Å²) in [5.41, 5.74) is 0.973. The van der Waals surface area contributed by atoms with Gasteiger partial charge in [-0.1, -0.05) is 23.4 Å². The van der Waals surface area contributed by atoms with Crippen molar-refractivity contribution in [3.8, 4) is 10.7 Å². The summed E-state index contributed by atoms with van der Waals surface area (Å²) in [5, 5.41) is 6.86. The minimum Gasteiger partial charge on any atom is -0.339 e. The molecule has 0 N–H and O–H groups in total. The SMILES string of the molecule is CN(Cc1nc2ccccc2s1)C(=O)CCc1nc(-c2cccs2)no1. The summed E-state index contributed by atoms with van der Waals surface area (Å²) < 4.78 is 6.38. The molecule has 0 saturated carbocycles. The van der Waals surface area contributed by atoms with Crippen LogP contribution >= 0.6 is 22.7 Å². The predicted molar refractivity (Wildman–Crippen MR) is 102 cm³/mol. The minimum absolute atomic E-state index is 0.0279. The Labute approximate surface area is 158 Å². The van der Waals surface area contributed by atoms with Gasteiger partial charge in [-0.05, 0) is 23.6 Å². The predicted octanol–water partition coefficient (Wildman–Crippen LogP) is 4.00. The number of thiophene rings is 1. The maximum absolute atomic E-state index is 12.4. The first-order chi connectivity index (χ1) is 12.7. The second-order valence-electron chi connectivity index (χ2n) is 5.81. The molecule has 0 bridgehead atoms. The standard InChI is InChI=1S/C18H16N4O2S2/c1-22(11-16-19-12-5-2-3-6-13(12)26-16)17(23)9-8-15-20-18(21-24-15)14-7-4-10-25-14/h2-7,10H,8-9,11H2,1H3. The molecule has 8 heteroatoms. The van der Waals surface area contributed by atoms with Crippen molar-refractivity contribution in [2.45, 2.75) is 19.4 Å². The van der Waals surface area contributed by atoms with Crippen molar-refractivity contribution >= 4 is 38.8 Å². The van der Waals surface area contributed by atoms with E-state index in [0.29, 0.717) is 31.1 Å². The number of nitrogens with zero attached hydrogens (tertiary/aromatic N) is 4. The van der Waals surface area contributed by atoms with Crippen molar-refractivity contribution in [1.82, 2.24) is 20.0 Å². The van der Waals surface area contributed by atoms with Gasteiger partial charge in [0.25, 0.3) is 0 Å². The Morgan fingerprint density at radius 3 is 2.88 bits per heavy atom. The molecule has 0 unspecified atom stereocenters. The molecule has 1 aromatic carbocycles. The van der Waals surface area contributed by atoms with E-state index >= 15 is 0 Å². The zero-order valence-corrected chi connectivity index (χ0v) is 15.7. The molecular weight excluding hydrogens is 368 g/mol. The molecule has 26 heavy (non-hydrogen) atoms. The molecule has 0 radical (unpaired) electrons. The van der Waals surface area contributed by atoms with Crippen molar-refractivity contribution < 1.29 is 9.32 Å². The second kappa shape index (κ2) is 7.35. The average molecular weight is 384 g/mol. The molecule has 4 aromatic rings. The van der Waals surface area contributed by atoms with Gasteiger partial charge in [0.2, 0.25) is 17.6 Å². The van der Waals surface area contributed by atoms with Crippen molar-refractivity contribution in [2.24, 2.45) is 0 Å². The lowest BCUT2D eigenvalue weighted by atomic mass is 10.3. The van der Waals surface area contributed by atoms with E-state index in [1.165, 1.54) is 0 Å². The lowest BCUT2D eigenvalue weighted by Crippen LogP contribution is -2.26. The smallest absolute Gasteiger partial charge is 0.227 e. The minimum atomic E-state index is 0.0279. The van der Waals surface area contributed by atoms with E-state index in [-0.39, 0.29) is 5.91 Å². The number of rotatable bonds is 6. The summed E-state index contributed by atoms with van der Waals surface area (Å²) in [6, 6.07) is 11.9. The first-order valence-corrected chi connectivity index (χ1v) is 9.83. The Morgan fingerprint density at radius 1 is 1.19 bits per heavy atom. The van der Waals surface area contributed by atoms with Gasteiger partial charge in [0, 0.05) is 19.9 Å². The molecule has 0 fully saturated rings. The summed E-state index contributed by atoms with van der Waals surface area (Å²) in [6.07, 6.45) is 0.759. The molecule has 6 nitrogen and oxygen atoms in total. The summed E-state index contributed by atoms with van der Waals surface area (Å²) in [5.74, 6) is 1.08. The number of aryl methyl sites for hydroxylation is 1. The van der Waals surface area contributed by atoms with Crippen molar-refractivity contribution in [3.05, 3.63) is 52.7 Å². The van der Waals surface area contributed by atoms with Crippen LogP contribution in [0.15, 0.2) is 46.3 Å². The number of carbonyl (C=O) groups excluding carboxylic acids is 1. The second-order valence-corrected chi connectivity index (χ2v) is 7.88. The van der Waals surface area contributed by atoms with E-state index in [1.807, 2.05) is 41.8 Å². The van der Waals surface area contributed by atoms with Crippen LogP contribution in [0.3, 0.4) is 0 Å². The number of hydrogen-bond donors (Lipinski definition) is 0. The van der Waals surface area contributed by atoms with Gasteiger partial charge in [-0.3, -0.25) is 4.79 Å².